The van der Waals surface area contributed by atoms with Crippen LogP contribution in [0.2, 0.25) is 0 Å². The number of rotatable bonds is 5. The van der Waals surface area contributed by atoms with Crippen molar-refractivity contribution in [2.24, 2.45) is 0 Å². The second-order valence-corrected chi connectivity index (χ2v) is 6.30. The van der Waals surface area contributed by atoms with Crippen LogP contribution in [-0.2, 0) is 6.54 Å². The van der Waals surface area contributed by atoms with Crippen molar-refractivity contribution >= 4 is 11.6 Å². The van der Waals surface area contributed by atoms with E-state index < -0.39 is 0 Å². The van der Waals surface area contributed by atoms with Crippen molar-refractivity contribution in [3.05, 3.63) is 54.0 Å². The van der Waals surface area contributed by atoms with Crippen molar-refractivity contribution in [1.29, 1.82) is 0 Å². The summed E-state index contributed by atoms with van der Waals surface area (Å²) in [7, 11) is 2.18. The molecule has 1 aromatic heterocycles. The summed E-state index contributed by atoms with van der Waals surface area (Å²) in [6.07, 6.45) is 8.07. The van der Waals surface area contributed by atoms with Gasteiger partial charge in [0.15, 0.2) is 5.76 Å². The number of para-hydroxylation sites is 1. The van der Waals surface area contributed by atoms with Crippen molar-refractivity contribution < 1.29 is 9.21 Å². The fraction of sp³-hybridized carbons (Fsp3) is 0.421. The van der Waals surface area contributed by atoms with Crippen LogP contribution >= 0.6 is 0 Å². The van der Waals surface area contributed by atoms with Crippen molar-refractivity contribution in [3.8, 4) is 0 Å². The van der Waals surface area contributed by atoms with Gasteiger partial charge in [-0.15, -0.1) is 0 Å². The van der Waals surface area contributed by atoms with Crippen LogP contribution in [0.15, 0.2) is 47.1 Å². The molecule has 23 heavy (non-hydrogen) atoms. The molecule has 1 aromatic carbocycles. The molecular formula is C19H24N2O2. The maximum absolute atomic E-state index is 12.2. The van der Waals surface area contributed by atoms with Crippen LogP contribution in [0.5, 0.6) is 0 Å². The van der Waals surface area contributed by atoms with E-state index in [0.717, 1.165) is 17.8 Å². The minimum absolute atomic E-state index is 0.206. The molecule has 1 saturated carbocycles. The number of nitrogens with one attached hydrogen (secondary N) is 1. The van der Waals surface area contributed by atoms with Gasteiger partial charge in [0.25, 0.3) is 5.91 Å². The summed E-state index contributed by atoms with van der Waals surface area (Å²) in [5.74, 6) is 0.128. The van der Waals surface area contributed by atoms with E-state index in [2.05, 4.69) is 23.3 Å². The van der Waals surface area contributed by atoms with Crippen molar-refractivity contribution in [1.82, 2.24) is 4.90 Å². The van der Waals surface area contributed by atoms with Gasteiger partial charge in [-0.05, 0) is 43.7 Å². The Kier molecular flexibility index (Phi) is 5.13. The van der Waals surface area contributed by atoms with Gasteiger partial charge in [-0.1, -0.05) is 37.5 Å². The quantitative estimate of drug-likeness (QED) is 0.895. The third-order valence-electron chi connectivity index (χ3n) is 4.63. The lowest BCUT2D eigenvalue weighted by molar-refractivity contribution is 0.0996. The molecule has 2 aromatic rings. The second kappa shape index (κ2) is 7.47. The van der Waals surface area contributed by atoms with Gasteiger partial charge in [0, 0.05) is 18.3 Å². The lowest BCUT2D eigenvalue weighted by Gasteiger charge is -2.31. The third-order valence-corrected chi connectivity index (χ3v) is 4.63. The molecule has 1 amide bonds. The fourth-order valence-electron chi connectivity index (χ4n) is 3.29. The van der Waals surface area contributed by atoms with Gasteiger partial charge in [0.05, 0.1) is 6.26 Å². The Hall–Kier alpha value is -2.07. The summed E-state index contributed by atoms with van der Waals surface area (Å²) in [4.78, 5) is 14.6. The number of nitrogens with zero attached hydrogens (tertiary/aromatic N) is 1. The monoisotopic (exact) mass is 312 g/mol. The smallest absolute Gasteiger partial charge is 0.291 e. The van der Waals surface area contributed by atoms with E-state index >= 15 is 0 Å². The van der Waals surface area contributed by atoms with Gasteiger partial charge in [0.1, 0.15) is 0 Å². The van der Waals surface area contributed by atoms with Crippen LogP contribution < -0.4 is 5.32 Å². The zero-order chi connectivity index (χ0) is 16.1. The van der Waals surface area contributed by atoms with Gasteiger partial charge in [0.2, 0.25) is 0 Å². The average molecular weight is 312 g/mol. The zero-order valence-electron chi connectivity index (χ0n) is 13.6. The van der Waals surface area contributed by atoms with Gasteiger partial charge in [-0.25, -0.2) is 0 Å². The molecule has 0 aliphatic heterocycles. The predicted molar refractivity (Wildman–Crippen MR) is 91.4 cm³/mol. The molecule has 1 heterocycles. The Bertz CT molecular complexity index is 631. The number of hydrogen-bond donors (Lipinski definition) is 1. The zero-order valence-corrected chi connectivity index (χ0v) is 13.6. The molecular weight excluding hydrogens is 288 g/mol. The fourth-order valence-corrected chi connectivity index (χ4v) is 3.29. The number of amides is 1. The Morgan fingerprint density at radius 3 is 2.70 bits per heavy atom. The first-order chi connectivity index (χ1) is 11.2. The molecule has 0 unspecified atom stereocenters. The second-order valence-electron chi connectivity index (χ2n) is 6.30. The molecule has 1 N–H and O–H groups in total. The maximum Gasteiger partial charge on any atom is 0.291 e. The molecule has 4 nitrogen and oxygen atoms in total. The molecule has 3 rings (SSSR count). The molecule has 0 radical (unpaired) electrons. The first-order valence-corrected chi connectivity index (χ1v) is 8.37. The first kappa shape index (κ1) is 15.8. The molecule has 1 aliphatic carbocycles. The van der Waals surface area contributed by atoms with Crippen LogP contribution in [0.25, 0.3) is 0 Å². The predicted octanol–water partition coefficient (Wildman–Crippen LogP) is 4.30. The lowest BCUT2D eigenvalue weighted by atomic mass is 9.94. The van der Waals surface area contributed by atoms with Crippen LogP contribution in [0.3, 0.4) is 0 Å². The van der Waals surface area contributed by atoms with E-state index in [9.17, 15) is 4.79 Å². The van der Waals surface area contributed by atoms with E-state index in [0.29, 0.717) is 11.8 Å². The van der Waals surface area contributed by atoms with Crippen LogP contribution in [-0.4, -0.2) is 23.9 Å². The van der Waals surface area contributed by atoms with Crippen LogP contribution in [0.1, 0.15) is 48.2 Å². The summed E-state index contributed by atoms with van der Waals surface area (Å²) in [5, 5.41) is 2.96. The molecule has 0 bridgehead atoms. The van der Waals surface area contributed by atoms with E-state index in [-0.39, 0.29) is 5.91 Å². The number of furan rings is 1. The Morgan fingerprint density at radius 1 is 1.17 bits per heavy atom. The summed E-state index contributed by atoms with van der Waals surface area (Å²) >= 11 is 0. The molecule has 1 fully saturated rings. The van der Waals surface area contributed by atoms with Crippen molar-refractivity contribution in [2.45, 2.75) is 44.7 Å². The van der Waals surface area contributed by atoms with E-state index in [1.54, 1.807) is 12.1 Å². The largest absolute Gasteiger partial charge is 0.459 e. The summed E-state index contributed by atoms with van der Waals surface area (Å²) in [6, 6.07) is 12.0. The van der Waals surface area contributed by atoms with Crippen molar-refractivity contribution in [2.75, 3.05) is 12.4 Å². The standard InChI is InChI=1S/C19H24N2O2/c1-21(16-9-3-2-4-10-16)14-15-8-5-6-11-17(15)20-19(22)18-12-7-13-23-18/h5-8,11-13,16H,2-4,9-10,14H2,1H3,(H,20,22). The molecule has 0 saturated heterocycles. The van der Waals surface area contributed by atoms with Gasteiger partial charge >= 0.3 is 0 Å². The highest BCUT2D eigenvalue weighted by molar-refractivity contribution is 6.02. The first-order valence-electron chi connectivity index (χ1n) is 8.37. The van der Waals surface area contributed by atoms with Gasteiger partial charge < -0.3 is 9.73 Å². The lowest BCUT2D eigenvalue weighted by Crippen LogP contribution is -2.33. The highest BCUT2D eigenvalue weighted by Gasteiger charge is 2.19. The van der Waals surface area contributed by atoms with E-state index in [1.807, 2.05) is 18.2 Å². The van der Waals surface area contributed by atoms with E-state index in [4.69, 9.17) is 4.42 Å². The summed E-state index contributed by atoms with van der Waals surface area (Å²) < 4.78 is 5.16. The van der Waals surface area contributed by atoms with Crippen LogP contribution in [0, 0.1) is 0 Å². The van der Waals surface area contributed by atoms with E-state index in [1.165, 1.54) is 38.4 Å². The summed E-state index contributed by atoms with van der Waals surface area (Å²) in [6.45, 7) is 0.847. The molecule has 122 valence electrons. The normalized spacial score (nSPS) is 15.7. The molecule has 0 spiro atoms. The Morgan fingerprint density at radius 2 is 1.96 bits per heavy atom. The molecule has 1 aliphatic rings. The molecule has 0 atom stereocenters. The number of carbonyl (C=O) groups excluding carboxylic acids is 1. The topological polar surface area (TPSA) is 45.5 Å². The maximum atomic E-state index is 12.2. The number of carbonyl (C=O) groups is 1. The SMILES string of the molecule is CN(Cc1ccccc1NC(=O)c1ccco1)C1CCCCC1. The van der Waals surface area contributed by atoms with Gasteiger partial charge in [-0.2, -0.15) is 0 Å². The number of anilines is 1. The Labute approximate surface area is 137 Å². The Balaban J connectivity index is 1.68. The van der Waals surface area contributed by atoms with Gasteiger partial charge in [-0.3, -0.25) is 9.69 Å². The third kappa shape index (κ3) is 4.02. The highest BCUT2D eigenvalue weighted by Crippen LogP contribution is 2.25. The minimum Gasteiger partial charge on any atom is -0.459 e. The number of hydrogen-bond acceptors (Lipinski definition) is 3. The van der Waals surface area contributed by atoms with Crippen LogP contribution in [0.4, 0.5) is 5.69 Å². The average Bonchev–Trinajstić information content (AvgIpc) is 3.12. The summed E-state index contributed by atoms with van der Waals surface area (Å²) in [5.41, 5.74) is 2.00. The minimum atomic E-state index is -0.206. The molecule has 4 heteroatoms. The van der Waals surface area contributed by atoms with Crippen molar-refractivity contribution in [3.63, 3.8) is 0 Å². The number of benzene rings is 1. The highest BCUT2D eigenvalue weighted by atomic mass is 16.3.